The first-order valence-corrected chi connectivity index (χ1v) is 10.1. The number of rotatable bonds is 3. The van der Waals surface area contributed by atoms with E-state index in [0.717, 1.165) is 40.5 Å². The number of nitrogens with one attached hydrogen (secondary N) is 1. The summed E-state index contributed by atoms with van der Waals surface area (Å²) in [5.41, 5.74) is 2.05. The molecule has 4 heteroatoms. The van der Waals surface area contributed by atoms with Crippen LogP contribution in [0.4, 0.5) is 0 Å². The van der Waals surface area contributed by atoms with Gasteiger partial charge in [0, 0.05) is 27.4 Å². The summed E-state index contributed by atoms with van der Waals surface area (Å²) in [6.07, 6.45) is 6.98. The van der Waals surface area contributed by atoms with Gasteiger partial charge in [0.2, 0.25) is 0 Å². The van der Waals surface area contributed by atoms with Crippen molar-refractivity contribution in [3.8, 4) is 11.3 Å². The average Bonchev–Trinajstić information content (AvgIpc) is 2.84. The van der Waals surface area contributed by atoms with Crippen LogP contribution >= 0.6 is 11.6 Å². The first kappa shape index (κ1) is 18.1. The summed E-state index contributed by atoms with van der Waals surface area (Å²) in [7, 11) is 0. The lowest BCUT2D eigenvalue weighted by Crippen LogP contribution is -2.34. The van der Waals surface area contributed by atoms with Crippen LogP contribution in [0.3, 0.4) is 0 Å². The maximum Gasteiger partial charge on any atom is 0.287 e. The second-order valence-electron chi connectivity index (χ2n) is 7.48. The minimum absolute atomic E-state index is 0.115. The highest BCUT2D eigenvalue weighted by Gasteiger charge is 2.23. The Labute approximate surface area is 164 Å². The molecule has 140 valence electrons. The normalized spacial score (nSPS) is 15.6. The minimum Gasteiger partial charge on any atom is -0.450 e. The highest BCUT2D eigenvalue weighted by molar-refractivity contribution is 6.30. The van der Waals surface area contributed by atoms with Crippen LogP contribution < -0.4 is 5.32 Å². The topological polar surface area (TPSA) is 42.2 Å². The van der Waals surface area contributed by atoms with Gasteiger partial charge in [-0.3, -0.25) is 4.79 Å². The number of amides is 1. The van der Waals surface area contributed by atoms with Crippen LogP contribution in [0.25, 0.3) is 22.1 Å². The zero-order valence-corrected chi connectivity index (χ0v) is 16.3. The Kier molecular flexibility index (Phi) is 5.22. The number of hydrogen-bond acceptors (Lipinski definition) is 2. The molecule has 3 nitrogen and oxygen atoms in total. The lowest BCUT2D eigenvalue weighted by Gasteiger charge is -2.15. The van der Waals surface area contributed by atoms with Crippen LogP contribution in [-0.4, -0.2) is 11.9 Å². The van der Waals surface area contributed by atoms with Crippen LogP contribution in [0.2, 0.25) is 5.02 Å². The number of hydrogen-bond donors (Lipinski definition) is 1. The third-order valence-electron chi connectivity index (χ3n) is 5.37. The van der Waals surface area contributed by atoms with Gasteiger partial charge < -0.3 is 9.73 Å². The predicted octanol–water partition coefficient (Wildman–Crippen LogP) is 6.51. The molecule has 0 atom stereocenters. The van der Waals surface area contributed by atoms with Gasteiger partial charge in [0.05, 0.1) is 0 Å². The number of furan rings is 1. The third kappa shape index (κ3) is 3.89. The Bertz CT molecular complexity index is 950. The van der Waals surface area contributed by atoms with Crippen molar-refractivity contribution in [1.29, 1.82) is 0 Å². The minimum atomic E-state index is -0.115. The predicted molar refractivity (Wildman–Crippen MR) is 110 cm³/mol. The molecule has 0 aliphatic heterocycles. The molecule has 1 fully saturated rings. The summed E-state index contributed by atoms with van der Waals surface area (Å²) in [5.74, 6) is 1.01. The van der Waals surface area contributed by atoms with Crippen molar-refractivity contribution in [2.24, 2.45) is 0 Å². The lowest BCUT2D eigenvalue weighted by molar-refractivity contribution is 0.0908. The first-order valence-electron chi connectivity index (χ1n) is 9.72. The van der Waals surface area contributed by atoms with Crippen LogP contribution in [0.15, 0.2) is 46.9 Å². The van der Waals surface area contributed by atoms with Gasteiger partial charge in [0.25, 0.3) is 5.91 Å². The first-order chi connectivity index (χ1) is 13.1. The molecule has 1 aliphatic carbocycles. The van der Waals surface area contributed by atoms with Gasteiger partial charge in [0.15, 0.2) is 5.76 Å². The number of fused-ring (bicyclic) bond motifs is 1. The smallest absolute Gasteiger partial charge is 0.287 e. The van der Waals surface area contributed by atoms with Crippen molar-refractivity contribution in [3.05, 3.63) is 58.8 Å². The number of carbonyl (C=O) groups is 1. The number of carbonyl (C=O) groups excluding carboxylic acids is 1. The zero-order chi connectivity index (χ0) is 18.8. The monoisotopic (exact) mass is 381 g/mol. The van der Waals surface area contributed by atoms with E-state index in [0.29, 0.717) is 10.8 Å². The fraction of sp³-hybridized carbons (Fsp3) is 0.348. The Hall–Kier alpha value is -2.26. The van der Waals surface area contributed by atoms with E-state index in [-0.39, 0.29) is 11.9 Å². The van der Waals surface area contributed by atoms with Crippen LogP contribution in [0, 0.1) is 6.92 Å². The molecule has 1 aromatic heterocycles. The molecule has 1 aliphatic rings. The molecule has 1 amide bonds. The third-order valence-corrected chi connectivity index (χ3v) is 5.62. The van der Waals surface area contributed by atoms with E-state index in [9.17, 15) is 4.79 Å². The zero-order valence-electron chi connectivity index (χ0n) is 15.6. The van der Waals surface area contributed by atoms with E-state index in [1.165, 1.54) is 25.7 Å². The Balaban J connectivity index is 1.72. The van der Waals surface area contributed by atoms with Gasteiger partial charge in [-0.05, 0) is 50.1 Å². The van der Waals surface area contributed by atoms with E-state index in [2.05, 4.69) is 11.4 Å². The Morgan fingerprint density at radius 2 is 1.70 bits per heavy atom. The highest BCUT2D eigenvalue weighted by atomic mass is 35.5. The summed E-state index contributed by atoms with van der Waals surface area (Å²) in [5, 5.41) is 5.70. The average molecular weight is 382 g/mol. The molecule has 1 saturated carbocycles. The van der Waals surface area contributed by atoms with Gasteiger partial charge in [0.1, 0.15) is 5.76 Å². The van der Waals surface area contributed by atoms with Gasteiger partial charge in [-0.15, -0.1) is 0 Å². The molecule has 4 rings (SSSR count). The van der Waals surface area contributed by atoms with E-state index >= 15 is 0 Å². The van der Waals surface area contributed by atoms with Crippen LogP contribution in [-0.2, 0) is 0 Å². The van der Waals surface area contributed by atoms with Gasteiger partial charge >= 0.3 is 0 Å². The van der Waals surface area contributed by atoms with E-state index in [4.69, 9.17) is 16.0 Å². The quantitative estimate of drug-likeness (QED) is 0.525. The maximum absolute atomic E-state index is 13.0. The Morgan fingerprint density at radius 3 is 2.41 bits per heavy atom. The van der Waals surface area contributed by atoms with Crippen molar-refractivity contribution < 1.29 is 9.21 Å². The van der Waals surface area contributed by atoms with Crippen molar-refractivity contribution in [2.45, 2.75) is 51.5 Å². The Morgan fingerprint density at radius 1 is 1.00 bits per heavy atom. The number of aryl methyl sites for hydroxylation is 1. The van der Waals surface area contributed by atoms with Gasteiger partial charge in [-0.25, -0.2) is 0 Å². The fourth-order valence-corrected chi connectivity index (χ4v) is 4.04. The molecule has 0 unspecified atom stereocenters. The summed E-state index contributed by atoms with van der Waals surface area (Å²) in [6.45, 7) is 2.04. The van der Waals surface area contributed by atoms with Crippen LogP contribution in [0.1, 0.15) is 54.6 Å². The molecule has 1 heterocycles. The van der Waals surface area contributed by atoms with E-state index in [1.54, 1.807) is 0 Å². The molecular formula is C23H24ClNO2. The summed E-state index contributed by atoms with van der Waals surface area (Å²) < 4.78 is 6.13. The van der Waals surface area contributed by atoms with Crippen molar-refractivity contribution in [3.63, 3.8) is 0 Å². The standard InChI is InChI=1S/C23H24ClNO2/c1-15-8-13-19-20(14-15)21(16-9-11-17(24)12-10-16)27-22(19)23(26)25-18-6-4-2-3-5-7-18/h8-14,18H,2-7H2,1H3,(H,25,26). The summed E-state index contributed by atoms with van der Waals surface area (Å²) in [6, 6.07) is 13.8. The molecule has 0 spiro atoms. The summed E-state index contributed by atoms with van der Waals surface area (Å²) in [4.78, 5) is 13.0. The second-order valence-corrected chi connectivity index (χ2v) is 7.91. The van der Waals surface area contributed by atoms with E-state index < -0.39 is 0 Å². The molecule has 0 radical (unpaired) electrons. The van der Waals surface area contributed by atoms with E-state index in [1.807, 2.05) is 43.3 Å². The molecule has 2 aromatic carbocycles. The number of benzene rings is 2. The SMILES string of the molecule is Cc1ccc2c(C(=O)NC3CCCCCC3)oc(-c3ccc(Cl)cc3)c2c1. The second kappa shape index (κ2) is 7.77. The molecule has 3 aromatic rings. The largest absolute Gasteiger partial charge is 0.450 e. The number of halogens is 1. The van der Waals surface area contributed by atoms with Gasteiger partial charge in [-0.1, -0.05) is 55.0 Å². The molecule has 27 heavy (non-hydrogen) atoms. The molecule has 0 saturated heterocycles. The fourth-order valence-electron chi connectivity index (χ4n) is 3.91. The van der Waals surface area contributed by atoms with Crippen LogP contribution in [0.5, 0.6) is 0 Å². The van der Waals surface area contributed by atoms with Crippen molar-refractivity contribution in [1.82, 2.24) is 5.32 Å². The lowest BCUT2D eigenvalue weighted by atomic mass is 10.0. The van der Waals surface area contributed by atoms with Gasteiger partial charge in [-0.2, -0.15) is 0 Å². The highest BCUT2D eigenvalue weighted by Crippen LogP contribution is 2.35. The maximum atomic E-state index is 13.0. The molecule has 1 N–H and O–H groups in total. The summed E-state index contributed by atoms with van der Waals surface area (Å²) >= 11 is 6.03. The van der Waals surface area contributed by atoms with Crippen molar-refractivity contribution in [2.75, 3.05) is 0 Å². The molecule has 0 bridgehead atoms. The molecular weight excluding hydrogens is 358 g/mol. The van der Waals surface area contributed by atoms with Crippen molar-refractivity contribution >= 4 is 28.3 Å².